The lowest BCUT2D eigenvalue weighted by Gasteiger charge is -2.15. The molecule has 0 saturated carbocycles. The number of carbonyl (C=O) groups is 2. The number of ketones is 1. The van der Waals surface area contributed by atoms with Crippen molar-refractivity contribution in [3.8, 4) is 5.75 Å². The Morgan fingerprint density at radius 3 is 2.21 bits per heavy atom. The van der Waals surface area contributed by atoms with Crippen LogP contribution < -0.4 is 10.1 Å². The predicted molar refractivity (Wildman–Crippen MR) is 95.6 cm³/mol. The van der Waals surface area contributed by atoms with Gasteiger partial charge in [-0.25, -0.2) is 0 Å². The normalized spacial score (nSPS) is 11.6. The Labute approximate surface area is 142 Å². The van der Waals surface area contributed by atoms with Crippen LogP contribution in [0.5, 0.6) is 5.75 Å². The van der Waals surface area contributed by atoms with E-state index in [4.69, 9.17) is 4.74 Å². The molecule has 0 bridgehead atoms. The molecule has 0 radical (unpaired) electrons. The molecule has 0 heterocycles. The van der Waals surface area contributed by atoms with Crippen LogP contribution in [-0.4, -0.2) is 17.8 Å². The third-order valence-corrected chi connectivity index (χ3v) is 3.70. The van der Waals surface area contributed by atoms with Gasteiger partial charge in [-0.05, 0) is 62.2 Å². The summed E-state index contributed by atoms with van der Waals surface area (Å²) >= 11 is 0. The number of amides is 1. The van der Waals surface area contributed by atoms with Crippen LogP contribution in [0.2, 0.25) is 0 Å². The summed E-state index contributed by atoms with van der Waals surface area (Å²) in [6.45, 7) is 5.34. The lowest BCUT2D eigenvalue weighted by atomic mass is 10.1. The number of benzene rings is 2. The smallest absolute Gasteiger partial charge is 0.265 e. The number of aryl methyl sites for hydroxylation is 1. The van der Waals surface area contributed by atoms with Crippen molar-refractivity contribution in [1.82, 2.24) is 0 Å². The van der Waals surface area contributed by atoms with Gasteiger partial charge < -0.3 is 10.1 Å². The largest absolute Gasteiger partial charge is 0.481 e. The number of carbonyl (C=O) groups excluding carboxylic acids is 2. The van der Waals surface area contributed by atoms with E-state index in [2.05, 4.69) is 12.2 Å². The van der Waals surface area contributed by atoms with Gasteiger partial charge in [0.2, 0.25) is 0 Å². The summed E-state index contributed by atoms with van der Waals surface area (Å²) in [5, 5.41) is 2.84. The first-order valence-corrected chi connectivity index (χ1v) is 8.17. The van der Waals surface area contributed by atoms with E-state index in [9.17, 15) is 9.59 Å². The van der Waals surface area contributed by atoms with Gasteiger partial charge in [-0.2, -0.15) is 0 Å². The number of ether oxygens (including phenoxy) is 1. The fourth-order valence-electron chi connectivity index (χ4n) is 2.31. The van der Waals surface area contributed by atoms with Gasteiger partial charge in [0.25, 0.3) is 5.91 Å². The van der Waals surface area contributed by atoms with Crippen LogP contribution in [0, 0.1) is 0 Å². The first-order valence-electron chi connectivity index (χ1n) is 8.17. The van der Waals surface area contributed by atoms with Crippen molar-refractivity contribution < 1.29 is 14.3 Å². The SMILES string of the molecule is CCCc1ccc(NC(=O)C(C)Oc2ccc(C(C)=O)cc2)cc1. The average Bonchev–Trinajstić information content (AvgIpc) is 2.57. The van der Waals surface area contributed by atoms with Gasteiger partial charge in [-0.15, -0.1) is 0 Å². The molecule has 4 nitrogen and oxygen atoms in total. The van der Waals surface area contributed by atoms with Crippen LogP contribution in [-0.2, 0) is 11.2 Å². The number of nitrogens with one attached hydrogen (secondary N) is 1. The van der Waals surface area contributed by atoms with E-state index < -0.39 is 6.10 Å². The van der Waals surface area contributed by atoms with Gasteiger partial charge in [0.05, 0.1) is 0 Å². The number of hydrogen-bond acceptors (Lipinski definition) is 3. The van der Waals surface area contributed by atoms with Crippen LogP contribution in [0.1, 0.15) is 43.1 Å². The molecule has 2 aromatic rings. The number of Topliss-reactive ketones (excluding diaryl/α,β-unsaturated/α-hetero) is 1. The Morgan fingerprint density at radius 2 is 1.67 bits per heavy atom. The van der Waals surface area contributed by atoms with Gasteiger partial charge in [-0.1, -0.05) is 25.5 Å². The van der Waals surface area contributed by atoms with Crippen molar-refractivity contribution in [2.24, 2.45) is 0 Å². The molecule has 0 aliphatic carbocycles. The molecular formula is C20H23NO3. The molecule has 0 aromatic heterocycles. The van der Waals surface area contributed by atoms with Crippen LogP contribution in [0.4, 0.5) is 5.69 Å². The number of hydrogen-bond donors (Lipinski definition) is 1. The molecule has 2 rings (SSSR count). The van der Waals surface area contributed by atoms with Crippen LogP contribution in [0.25, 0.3) is 0 Å². The number of rotatable bonds is 7. The zero-order chi connectivity index (χ0) is 17.5. The standard InChI is InChI=1S/C20H23NO3/c1-4-5-16-6-10-18(11-7-16)21-20(23)15(3)24-19-12-8-17(9-13-19)14(2)22/h6-13,15H,4-5H2,1-3H3,(H,21,23). The maximum atomic E-state index is 12.2. The lowest BCUT2D eigenvalue weighted by molar-refractivity contribution is -0.122. The quantitative estimate of drug-likeness (QED) is 0.774. The van der Waals surface area contributed by atoms with Crippen molar-refractivity contribution >= 4 is 17.4 Å². The van der Waals surface area contributed by atoms with Gasteiger partial charge in [-0.3, -0.25) is 9.59 Å². The lowest BCUT2D eigenvalue weighted by Crippen LogP contribution is -2.30. The molecule has 126 valence electrons. The molecule has 2 aromatic carbocycles. The van der Waals surface area contributed by atoms with E-state index in [1.54, 1.807) is 31.2 Å². The minimum Gasteiger partial charge on any atom is -0.481 e. The summed E-state index contributed by atoms with van der Waals surface area (Å²) in [5.41, 5.74) is 2.62. The Morgan fingerprint density at radius 1 is 1.04 bits per heavy atom. The molecule has 0 spiro atoms. The summed E-state index contributed by atoms with van der Waals surface area (Å²) in [7, 11) is 0. The monoisotopic (exact) mass is 325 g/mol. The first-order chi connectivity index (χ1) is 11.5. The van der Waals surface area contributed by atoms with E-state index >= 15 is 0 Å². The molecule has 0 fully saturated rings. The molecule has 1 atom stereocenters. The van der Waals surface area contributed by atoms with Crippen LogP contribution in [0.3, 0.4) is 0 Å². The molecular weight excluding hydrogens is 302 g/mol. The summed E-state index contributed by atoms with van der Waals surface area (Å²) in [6.07, 6.45) is 1.49. The van der Waals surface area contributed by atoms with E-state index in [0.29, 0.717) is 11.3 Å². The second-order valence-electron chi connectivity index (χ2n) is 5.78. The highest BCUT2D eigenvalue weighted by Crippen LogP contribution is 2.16. The first kappa shape index (κ1) is 17.7. The second-order valence-corrected chi connectivity index (χ2v) is 5.78. The molecule has 4 heteroatoms. The van der Waals surface area contributed by atoms with E-state index in [-0.39, 0.29) is 11.7 Å². The molecule has 0 saturated heterocycles. The minimum atomic E-state index is -0.636. The van der Waals surface area contributed by atoms with E-state index in [1.807, 2.05) is 24.3 Å². The Balaban J connectivity index is 1.92. The second kappa shape index (κ2) is 8.29. The molecule has 0 aliphatic heterocycles. The Bertz CT molecular complexity index is 690. The molecule has 1 N–H and O–H groups in total. The molecule has 1 unspecified atom stereocenters. The van der Waals surface area contributed by atoms with Crippen molar-refractivity contribution in [1.29, 1.82) is 0 Å². The molecule has 1 amide bonds. The maximum absolute atomic E-state index is 12.2. The number of anilines is 1. The highest BCUT2D eigenvalue weighted by molar-refractivity contribution is 5.95. The fraction of sp³-hybridized carbons (Fsp3) is 0.300. The minimum absolute atomic E-state index is 0.00105. The summed E-state index contributed by atoms with van der Waals surface area (Å²) in [6, 6.07) is 14.6. The van der Waals surface area contributed by atoms with E-state index in [0.717, 1.165) is 18.5 Å². The van der Waals surface area contributed by atoms with Gasteiger partial charge in [0.1, 0.15) is 5.75 Å². The maximum Gasteiger partial charge on any atom is 0.265 e. The van der Waals surface area contributed by atoms with Gasteiger partial charge in [0.15, 0.2) is 11.9 Å². The highest BCUT2D eigenvalue weighted by Gasteiger charge is 2.15. The average molecular weight is 325 g/mol. The summed E-state index contributed by atoms with van der Waals surface area (Å²) in [4.78, 5) is 23.5. The van der Waals surface area contributed by atoms with Crippen molar-refractivity contribution in [2.75, 3.05) is 5.32 Å². The van der Waals surface area contributed by atoms with Crippen molar-refractivity contribution in [3.05, 3.63) is 59.7 Å². The van der Waals surface area contributed by atoms with Crippen molar-refractivity contribution in [2.45, 2.75) is 39.7 Å². The van der Waals surface area contributed by atoms with Gasteiger partial charge >= 0.3 is 0 Å². The third-order valence-electron chi connectivity index (χ3n) is 3.70. The topological polar surface area (TPSA) is 55.4 Å². The molecule has 0 aliphatic rings. The van der Waals surface area contributed by atoms with Crippen LogP contribution >= 0.6 is 0 Å². The van der Waals surface area contributed by atoms with Crippen molar-refractivity contribution in [3.63, 3.8) is 0 Å². The zero-order valence-corrected chi connectivity index (χ0v) is 14.3. The van der Waals surface area contributed by atoms with E-state index in [1.165, 1.54) is 12.5 Å². The van der Waals surface area contributed by atoms with Gasteiger partial charge in [0, 0.05) is 11.3 Å². The Hall–Kier alpha value is -2.62. The predicted octanol–water partition coefficient (Wildman–Crippen LogP) is 4.25. The molecule has 24 heavy (non-hydrogen) atoms. The summed E-state index contributed by atoms with van der Waals surface area (Å²) < 4.78 is 5.62. The Kier molecular flexibility index (Phi) is 6.13. The zero-order valence-electron chi connectivity index (χ0n) is 14.3. The third kappa shape index (κ3) is 4.95. The summed E-state index contributed by atoms with van der Waals surface area (Å²) in [5.74, 6) is 0.341. The highest BCUT2D eigenvalue weighted by atomic mass is 16.5. The fourth-order valence-corrected chi connectivity index (χ4v) is 2.31. The van der Waals surface area contributed by atoms with Crippen LogP contribution in [0.15, 0.2) is 48.5 Å².